The highest BCUT2D eigenvalue weighted by atomic mass is 16.4. The Hall–Kier alpha value is -7.03. The van der Waals surface area contributed by atoms with Gasteiger partial charge in [-0.2, -0.15) is 0 Å². The van der Waals surface area contributed by atoms with Crippen molar-refractivity contribution in [1.29, 1.82) is 0 Å². The van der Waals surface area contributed by atoms with Crippen LogP contribution in [0, 0.1) is 5.92 Å². The predicted octanol–water partition coefficient (Wildman–Crippen LogP) is 5.33. The van der Waals surface area contributed by atoms with Crippen LogP contribution in [0.1, 0.15) is 56.3 Å². The lowest BCUT2D eigenvalue weighted by atomic mass is 9.89. The van der Waals surface area contributed by atoms with Crippen molar-refractivity contribution in [2.75, 3.05) is 10.6 Å². The van der Waals surface area contributed by atoms with E-state index >= 15 is 0 Å². The Labute approximate surface area is 329 Å². The van der Waals surface area contributed by atoms with E-state index in [1.807, 2.05) is 6.07 Å². The number of anilines is 2. The number of urea groups is 2. The molecule has 0 saturated carbocycles. The Morgan fingerprint density at radius 1 is 0.702 bits per heavy atom. The summed E-state index contributed by atoms with van der Waals surface area (Å²) in [5.41, 5.74) is 0.745. The maximum Gasteiger partial charge on any atom is 0.330 e. The molecule has 1 saturated heterocycles. The summed E-state index contributed by atoms with van der Waals surface area (Å²) in [6.45, 7) is 5.04. The number of carbonyl (C=O) groups excluding carboxylic acids is 5. The molecule has 0 bridgehead atoms. The molecule has 6 N–H and O–H groups in total. The summed E-state index contributed by atoms with van der Waals surface area (Å²) in [5.74, 6) is -5.92. The number of imide groups is 1. The highest BCUT2D eigenvalue weighted by Crippen LogP contribution is 2.40. The Balaban J connectivity index is 1.42. The van der Waals surface area contributed by atoms with Crippen LogP contribution in [0.25, 0.3) is 0 Å². The van der Waals surface area contributed by atoms with Gasteiger partial charge in [0.15, 0.2) is 6.04 Å². The smallest absolute Gasteiger partial charge is 0.330 e. The molecule has 296 valence electrons. The van der Waals surface area contributed by atoms with Gasteiger partial charge in [-0.1, -0.05) is 105 Å². The van der Waals surface area contributed by atoms with E-state index in [1.165, 1.54) is 17.0 Å². The van der Waals surface area contributed by atoms with Crippen molar-refractivity contribution in [2.24, 2.45) is 5.92 Å². The van der Waals surface area contributed by atoms with Crippen molar-refractivity contribution in [3.05, 3.63) is 132 Å². The first-order chi connectivity index (χ1) is 27.2. The minimum absolute atomic E-state index is 0.0450. The van der Waals surface area contributed by atoms with Crippen molar-refractivity contribution in [3.8, 4) is 0 Å². The van der Waals surface area contributed by atoms with E-state index < -0.39 is 71.8 Å². The van der Waals surface area contributed by atoms with Gasteiger partial charge in [-0.05, 0) is 60.2 Å². The molecular weight excluding hydrogens is 732 g/mol. The first kappa shape index (κ1) is 41.1. The molecule has 0 aliphatic carbocycles. The normalized spacial score (nSPS) is 16.7. The number of carboxylic acid groups (broad SMARTS) is 2. The molecule has 1 fully saturated rings. The first-order valence-corrected chi connectivity index (χ1v) is 18.2. The molecule has 4 atom stereocenters. The third-order valence-corrected chi connectivity index (χ3v) is 9.52. The second-order valence-electron chi connectivity index (χ2n) is 14.1. The summed E-state index contributed by atoms with van der Waals surface area (Å²) >= 11 is 0. The molecule has 1 heterocycles. The van der Waals surface area contributed by atoms with Crippen LogP contribution in [0.3, 0.4) is 0 Å². The molecule has 3 unspecified atom stereocenters. The van der Waals surface area contributed by atoms with Gasteiger partial charge in [-0.25, -0.2) is 19.3 Å². The molecule has 1 aliphatic rings. The van der Waals surface area contributed by atoms with Gasteiger partial charge in [0.25, 0.3) is 5.91 Å². The van der Waals surface area contributed by atoms with Gasteiger partial charge in [0, 0.05) is 17.9 Å². The Kier molecular flexibility index (Phi) is 13.0. The van der Waals surface area contributed by atoms with Gasteiger partial charge in [0.1, 0.15) is 17.6 Å². The first-order valence-electron chi connectivity index (χ1n) is 18.2. The summed E-state index contributed by atoms with van der Waals surface area (Å²) in [7, 11) is 0. The number of rotatable bonds is 16. The number of amides is 7. The van der Waals surface area contributed by atoms with E-state index in [4.69, 9.17) is 0 Å². The topological polar surface area (TPSA) is 215 Å². The highest BCUT2D eigenvalue weighted by molar-refractivity contribution is 6.10. The average molecular weight is 777 g/mol. The van der Waals surface area contributed by atoms with Crippen LogP contribution in [0.5, 0.6) is 0 Å². The van der Waals surface area contributed by atoms with Crippen LogP contribution < -0.4 is 21.3 Å². The maximum atomic E-state index is 14.7. The summed E-state index contributed by atoms with van der Waals surface area (Å²) in [4.78, 5) is 95.6. The lowest BCUT2D eigenvalue weighted by molar-refractivity contribution is -0.145. The number of hydrogen-bond acceptors (Lipinski definition) is 7. The van der Waals surface area contributed by atoms with Crippen LogP contribution in [0.2, 0.25) is 0 Å². The molecule has 57 heavy (non-hydrogen) atoms. The van der Waals surface area contributed by atoms with Crippen LogP contribution in [-0.4, -0.2) is 73.8 Å². The van der Waals surface area contributed by atoms with E-state index in [0.29, 0.717) is 22.5 Å². The fourth-order valence-corrected chi connectivity index (χ4v) is 6.60. The van der Waals surface area contributed by atoms with E-state index in [1.54, 1.807) is 118 Å². The van der Waals surface area contributed by atoms with Crippen LogP contribution in [-0.2, 0) is 36.1 Å². The molecule has 4 aromatic rings. The fourth-order valence-electron chi connectivity index (χ4n) is 6.60. The van der Waals surface area contributed by atoms with Crippen molar-refractivity contribution in [3.63, 3.8) is 0 Å². The molecule has 4 aromatic carbocycles. The lowest BCUT2D eigenvalue weighted by Gasteiger charge is -2.32. The zero-order valence-electron chi connectivity index (χ0n) is 31.5. The Morgan fingerprint density at radius 2 is 1.25 bits per heavy atom. The van der Waals surface area contributed by atoms with Crippen LogP contribution >= 0.6 is 0 Å². The van der Waals surface area contributed by atoms with Gasteiger partial charge in [-0.3, -0.25) is 19.2 Å². The summed E-state index contributed by atoms with van der Waals surface area (Å²) in [6, 6.07) is 25.8. The lowest BCUT2D eigenvalue weighted by Crippen LogP contribution is -2.56. The molecule has 5 rings (SSSR count). The van der Waals surface area contributed by atoms with Gasteiger partial charge in [0.2, 0.25) is 11.8 Å². The monoisotopic (exact) mass is 776 g/mol. The zero-order valence-corrected chi connectivity index (χ0v) is 31.5. The Morgan fingerprint density at radius 3 is 1.79 bits per heavy atom. The number of hydrogen-bond donors (Lipinski definition) is 6. The largest absolute Gasteiger partial charge is 0.481 e. The third-order valence-electron chi connectivity index (χ3n) is 9.52. The average Bonchev–Trinajstić information content (AvgIpc) is 3.37. The molecule has 1 aliphatic heterocycles. The second-order valence-corrected chi connectivity index (χ2v) is 14.1. The molecule has 15 nitrogen and oxygen atoms in total. The number of nitrogens with one attached hydrogen (secondary N) is 4. The van der Waals surface area contributed by atoms with E-state index in [-0.39, 0.29) is 24.4 Å². The molecule has 0 radical (unpaired) electrons. The molecular formula is C42H44N6O9. The van der Waals surface area contributed by atoms with Gasteiger partial charge in [0.05, 0.1) is 6.42 Å². The van der Waals surface area contributed by atoms with Gasteiger partial charge in [-0.15, -0.1) is 0 Å². The Bertz CT molecular complexity index is 2100. The number of nitrogens with zero attached hydrogens (tertiary/aromatic N) is 2. The van der Waals surface area contributed by atoms with E-state index in [9.17, 15) is 43.8 Å². The van der Waals surface area contributed by atoms with E-state index in [2.05, 4.69) is 21.3 Å². The van der Waals surface area contributed by atoms with Crippen LogP contribution in [0.15, 0.2) is 115 Å². The number of carbonyl (C=O) groups is 7. The fraction of sp³-hybridized carbons (Fsp3) is 0.262. The third kappa shape index (κ3) is 9.80. The van der Waals surface area contributed by atoms with Gasteiger partial charge < -0.3 is 36.4 Å². The molecule has 0 spiro atoms. The standard InChI is InChI=1S/C42H44N6O9/c1-26(2)23-33(37(52)45-32(24-34(49)50)36(51)46-35(38(53)54)28-13-7-4-8-14-28)48-39(55)42(3,29-15-9-5-10-16-29)47(41(48)57)25-27-19-21-31(22-20-27)44-40(56)43-30-17-11-6-12-18-30/h4-22,26,32-33,35H,23-25H2,1-3H3,(H,45,52)(H,46,51)(H,49,50)(H,53,54)(H2,43,44,56)/t32?,33?,35-,42?/m0/s1. The summed E-state index contributed by atoms with van der Waals surface area (Å²) in [6.07, 6.45) is -0.960. The quantitative estimate of drug-likeness (QED) is 0.0811. The zero-order chi connectivity index (χ0) is 41.3. The van der Waals surface area contributed by atoms with Crippen molar-refractivity contribution >= 4 is 53.1 Å². The van der Waals surface area contributed by atoms with Crippen molar-refractivity contribution in [1.82, 2.24) is 20.4 Å². The SMILES string of the molecule is CC(C)CC(C(=O)NC(CC(=O)O)C(=O)N[C@H](C(=O)O)c1ccccc1)N1C(=O)N(Cc2ccc(NC(=O)Nc3ccccc3)cc2)C(C)(c2ccccc2)C1=O. The number of aliphatic carboxylic acids is 2. The van der Waals surface area contributed by atoms with Crippen molar-refractivity contribution < 1.29 is 43.8 Å². The molecule has 7 amide bonds. The minimum Gasteiger partial charge on any atom is -0.481 e. The van der Waals surface area contributed by atoms with Crippen LogP contribution in [0.4, 0.5) is 21.0 Å². The maximum absolute atomic E-state index is 14.7. The predicted molar refractivity (Wildman–Crippen MR) is 209 cm³/mol. The molecule has 0 aromatic heterocycles. The minimum atomic E-state index is -1.76. The van der Waals surface area contributed by atoms with Crippen molar-refractivity contribution in [2.45, 2.75) is 63.8 Å². The van der Waals surface area contributed by atoms with Gasteiger partial charge >= 0.3 is 24.0 Å². The second kappa shape index (κ2) is 18.1. The number of benzene rings is 4. The number of carboxylic acids is 2. The molecule has 15 heteroatoms. The summed E-state index contributed by atoms with van der Waals surface area (Å²) in [5, 5.41) is 29.7. The number of para-hydroxylation sites is 1. The highest BCUT2D eigenvalue weighted by Gasteiger charge is 2.58. The summed E-state index contributed by atoms with van der Waals surface area (Å²) < 4.78 is 0. The van der Waals surface area contributed by atoms with E-state index in [0.717, 1.165) is 4.90 Å².